The van der Waals surface area contributed by atoms with Crippen molar-refractivity contribution in [1.82, 2.24) is 23.1 Å². The number of nitrogens with zero attached hydrogens (tertiary/aromatic N) is 5. The summed E-state index contributed by atoms with van der Waals surface area (Å²) in [5, 5.41) is 0. The number of aromatic nitrogens is 5. The Labute approximate surface area is 161 Å². The van der Waals surface area contributed by atoms with Gasteiger partial charge in [0.2, 0.25) is 5.78 Å². The number of aryl methyl sites for hydroxylation is 3. The number of rotatable bonds is 4. The molecule has 0 unspecified atom stereocenters. The molecule has 28 heavy (non-hydrogen) atoms. The van der Waals surface area contributed by atoms with Gasteiger partial charge in [0.25, 0.3) is 5.56 Å². The molecule has 1 aromatic carbocycles. The lowest BCUT2D eigenvalue weighted by molar-refractivity contribution is 0.413. The highest BCUT2D eigenvalue weighted by molar-refractivity contribution is 5.76. The smallest absolute Gasteiger partial charge is 0.332 e. The fourth-order valence-corrected chi connectivity index (χ4v) is 3.70. The second-order valence-corrected chi connectivity index (χ2v) is 7.03. The van der Waals surface area contributed by atoms with Crippen LogP contribution in [0, 0.1) is 13.8 Å². The Morgan fingerprint density at radius 2 is 1.93 bits per heavy atom. The lowest BCUT2D eigenvalue weighted by Gasteiger charge is -2.12. The molecule has 0 bridgehead atoms. The topological polar surface area (TPSA) is 75.5 Å². The fraction of sp³-hybridized carbons (Fsp3) is 0.350. The van der Waals surface area contributed by atoms with Gasteiger partial charge in [-0.25, -0.2) is 4.79 Å². The Kier molecular flexibility index (Phi) is 4.14. The summed E-state index contributed by atoms with van der Waals surface area (Å²) in [4.78, 5) is 30.3. The van der Waals surface area contributed by atoms with Gasteiger partial charge in [-0.05, 0) is 38.0 Å². The Morgan fingerprint density at radius 1 is 1.18 bits per heavy atom. The van der Waals surface area contributed by atoms with Crippen LogP contribution >= 0.6 is 0 Å². The average molecular weight is 381 g/mol. The van der Waals surface area contributed by atoms with E-state index >= 15 is 0 Å². The van der Waals surface area contributed by atoms with Crippen molar-refractivity contribution in [2.24, 2.45) is 7.05 Å². The number of methoxy groups -OCH3 is 1. The predicted molar refractivity (Wildman–Crippen MR) is 108 cm³/mol. The minimum Gasteiger partial charge on any atom is -0.495 e. The molecule has 0 aliphatic carbocycles. The summed E-state index contributed by atoms with van der Waals surface area (Å²) in [6.07, 6.45) is 2.57. The summed E-state index contributed by atoms with van der Waals surface area (Å²) in [7, 11) is 3.27. The molecular formula is C20H23N5O3. The first-order valence-corrected chi connectivity index (χ1v) is 9.24. The molecule has 0 fully saturated rings. The van der Waals surface area contributed by atoms with E-state index in [1.54, 1.807) is 18.6 Å². The van der Waals surface area contributed by atoms with Crippen LogP contribution < -0.4 is 16.0 Å². The van der Waals surface area contributed by atoms with E-state index in [-0.39, 0.29) is 11.2 Å². The summed E-state index contributed by atoms with van der Waals surface area (Å²) in [6.45, 7) is 6.27. The normalized spacial score (nSPS) is 11.6. The van der Waals surface area contributed by atoms with Gasteiger partial charge in [-0.15, -0.1) is 0 Å². The first kappa shape index (κ1) is 18.1. The summed E-state index contributed by atoms with van der Waals surface area (Å²) < 4.78 is 12.0. The van der Waals surface area contributed by atoms with Crippen molar-refractivity contribution < 1.29 is 4.74 Å². The highest BCUT2D eigenvalue weighted by Gasteiger charge is 2.21. The molecule has 4 rings (SSSR count). The van der Waals surface area contributed by atoms with Crippen molar-refractivity contribution >= 4 is 16.9 Å². The second-order valence-electron chi connectivity index (χ2n) is 7.03. The molecule has 8 heteroatoms. The molecule has 0 saturated heterocycles. The molecule has 0 aliphatic rings. The molecule has 0 amide bonds. The maximum absolute atomic E-state index is 13.1. The van der Waals surface area contributed by atoms with E-state index in [9.17, 15) is 9.59 Å². The molecule has 8 nitrogen and oxygen atoms in total. The zero-order valence-corrected chi connectivity index (χ0v) is 16.7. The number of imidazole rings is 2. The van der Waals surface area contributed by atoms with E-state index in [0.717, 1.165) is 16.9 Å². The molecule has 0 N–H and O–H groups in total. The van der Waals surface area contributed by atoms with Crippen molar-refractivity contribution in [2.45, 2.75) is 33.7 Å². The van der Waals surface area contributed by atoms with E-state index in [0.29, 0.717) is 35.7 Å². The van der Waals surface area contributed by atoms with Gasteiger partial charge in [-0.3, -0.25) is 22.9 Å². The zero-order valence-electron chi connectivity index (χ0n) is 16.7. The van der Waals surface area contributed by atoms with Gasteiger partial charge < -0.3 is 4.74 Å². The highest BCUT2D eigenvalue weighted by Crippen LogP contribution is 2.28. The minimum atomic E-state index is -0.350. The van der Waals surface area contributed by atoms with E-state index in [1.165, 1.54) is 9.13 Å². The zero-order chi connectivity index (χ0) is 20.2. The third-order valence-electron chi connectivity index (χ3n) is 5.05. The Morgan fingerprint density at radius 3 is 2.61 bits per heavy atom. The number of benzene rings is 1. The molecule has 0 atom stereocenters. The Bertz CT molecular complexity index is 1340. The SMILES string of the molecule is CCCn1c(=O)c2c(nc3n(-c4cc(C)ccc4OC)c(C)cn23)n(C)c1=O. The monoisotopic (exact) mass is 381 g/mol. The van der Waals surface area contributed by atoms with Crippen LogP contribution in [0.3, 0.4) is 0 Å². The van der Waals surface area contributed by atoms with E-state index < -0.39 is 0 Å². The maximum atomic E-state index is 13.1. The number of ether oxygens (including phenoxy) is 1. The summed E-state index contributed by atoms with van der Waals surface area (Å²) in [5.74, 6) is 1.27. The highest BCUT2D eigenvalue weighted by atomic mass is 16.5. The van der Waals surface area contributed by atoms with Gasteiger partial charge in [-0.2, -0.15) is 4.98 Å². The van der Waals surface area contributed by atoms with Crippen LogP contribution in [0.15, 0.2) is 34.0 Å². The fourth-order valence-electron chi connectivity index (χ4n) is 3.70. The van der Waals surface area contributed by atoms with Crippen LogP contribution in [-0.4, -0.2) is 30.2 Å². The van der Waals surface area contributed by atoms with Crippen LogP contribution in [-0.2, 0) is 13.6 Å². The van der Waals surface area contributed by atoms with Crippen LogP contribution in [0.5, 0.6) is 5.75 Å². The number of fused-ring (bicyclic) bond motifs is 3. The quantitative estimate of drug-likeness (QED) is 0.543. The molecule has 0 aliphatic heterocycles. The van der Waals surface area contributed by atoms with E-state index in [2.05, 4.69) is 4.98 Å². The largest absolute Gasteiger partial charge is 0.495 e. The molecule has 0 radical (unpaired) electrons. The van der Waals surface area contributed by atoms with Crippen molar-refractivity contribution in [3.8, 4) is 11.4 Å². The summed E-state index contributed by atoms with van der Waals surface area (Å²) in [5.41, 5.74) is 2.93. The molecule has 4 aromatic rings. The number of hydrogen-bond donors (Lipinski definition) is 0. The van der Waals surface area contributed by atoms with Crippen molar-refractivity contribution in [1.29, 1.82) is 0 Å². The average Bonchev–Trinajstić information content (AvgIpc) is 3.18. The Balaban J connectivity index is 2.16. The summed E-state index contributed by atoms with van der Waals surface area (Å²) in [6, 6.07) is 5.90. The lowest BCUT2D eigenvalue weighted by Crippen LogP contribution is -2.39. The standard InChI is InChI=1S/C20H23N5O3/c1-6-9-23-18(26)16-17(22(4)20(23)27)21-19-24(16)11-13(3)25(19)14-10-12(2)7-8-15(14)28-5/h7-8,10-11H,6,9H2,1-5H3. The molecular weight excluding hydrogens is 358 g/mol. The molecule has 3 aromatic heterocycles. The molecule has 0 spiro atoms. The summed E-state index contributed by atoms with van der Waals surface area (Å²) >= 11 is 0. The third kappa shape index (κ3) is 2.41. The van der Waals surface area contributed by atoms with Crippen LogP contribution in [0.4, 0.5) is 0 Å². The van der Waals surface area contributed by atoms with Gasteiger partial charge in [0.15, 0.2) is 11.2 Å². The van der Waals surface area contributed by atoms with Gasteiger partial charge >= 0.3 is 5.69 Å². The van der Waals surface area contributed by atoms with E-state index in [1.807, 2.05) is 49.7 Å². The van der Waals surface area contributed by atoms with Crippen molar-refractivity contribution in [3.05, 3.63) is 56.5 Å². The molecule has 0 saturated carbocycles. The van der Waals surface area contributed by atoms with Gasteiger partial charge in [0.05, 0.1) is 12.8 Å². The molecule has 3 heterocycles. The van der Waals surface area contributed by atoms with Gasteiger partial charge in [-0.1, -0.05) is 13.0 Å². The first-order valence-electron chi connectivity index (χ1n) is 9.24. The van der Waals surface area contributed by atoms with Crippen molar-refractivity contribution in [2.75, 3.05) is 7.11 Å². The first-order chi connectivity index (χ1) is 13.4. The Hall–Kier alpha value is -3.29. The minimum absolute atomic E-state index is 0.319. The van der Waals surface area contributed by atoms with Crippen LogP contribution in [0.25, 0.3) is 22.6 Å². The lowest BCUT2D eigenvalue weighted by atomic mass is 10.2. The predicted octanol–water partition coefficient (Wildman–Crippen LogP) is 2.17. The van der Waals surface area contributed by atoms with Crippen LogP contribution in [0.2, 0.25) is 0 Å². The van der Waals surface area contributed by atoms with Gasteiger partial charge in [0.1, 0.15) is 5.75 Å². The number of hydrogen-bond acceptors (Lipinski definition) is 4. The van der Waals surface area contributed by atoms with E-state index in [4.69, 9.17) is 4.74 Å². The van der Waals surface area contributed by atoms with Crippen molar-refractivity contribution in [3.63, 3.8) is 0 Å². The van der Waals surface area contributed by atoms with Gasteiger partial charge in [0, 0.05) is 25.5 Å². The third-order valence-corrected chi connectivity index (χ3v) is 5.05. The maximum Gasteiger partial charge on any atom is 0.332 e. The second kappa shape index (κ2) is 6.40. The van der Waals surface area contributed by atoms with Crippen LogP contribution in [0.1, 0.15) is 24.6 Å². The molecule has 146 valence electrons.